The number of likely N-dealkylation sites (tertiary alicyclic amines) is 1. The number of piperidine rings is 1. The minimum absolute atomic E-state index is 0.0609. The molecule has 2 unspecified atom stereocenters. The lowest BCUT2D eigenvalue weighted by Gasteiger charge is -2.32. The third-order valence-electron chi connectivity index (χ3n) is 2.63. The molecule has 0 aromatic rings. The summed E-state index contributed by atoms with van der Waals surface area (Å²) < 4.78 is 4.94. The molecular formula is C10H20N2O2. The molecule has 1 amide bonds. The number of nitrogens with zero attached hydrogens (tertiary/aromatic N) is 1. The predicted molar refractivity (Wildman–Crippen MR) is 54.8 cm³/mol. The van der Waals surface area contributed by atoms with Gasteiger partial charge in [0.2, 0.25) is 5.91 Å². The van der Waals surface area contributed by atoms with Gasteiger partial charge in [-0.05, 0) is 12.8 Å². The van der Waals surface area contributed by atoms with Crippen molar-refractivity contribution in [2.45, 2.75) is 25.8 Å². The highest BCUT2D eigenvalue weighted by Crippen LogP contribution is 2.16. The summed E-state index contributed by atoms with van der Waals surface area (Å²) in [5, 5.41) is 0. The van der Waals surface area contributed by atoms with Crippen molar-refractivity contribution in [3.05, 3.63) is 0 Å². The van der Waals surface area contributed by atoms with E-state index in [0.29, 0.717) is 13.2 Å². The van der Waals surface area contributed by atoms with E-state index in [-0.39, 0.29) is 17.9 Å². The minimum atomic E-state index is -0.0609. The summed E-state index contributed by atoms with van der Waals surface area (Å²) in [6, 6.07) is -0.0609. The number of carbonyl (C=O) groups excluding carboxylic acids is 1. The van der Waals surface area contributed by atoms with E-state index < -0.39 is 0 Å². The number of hydrogen-bond acceptors (Lipinski definition) is 3. The average Bonchev–Trinajstić information content (AvgIpc) is 2.13. The van der Waals surface area contributed by atoms with Gasteiger partial charge in [0.1, 0.15) is 0 Å². The first-order chi connectivity index (χ1) is 6.65. The van der Waals surface area contributed by atoms with Crippen LogP contribution in [0.3, 0.4) is 0 Å². The van der Waals surface area contributed by atoms with E-state index in [4.69, 9.17) is 10.5 Å². The van der Waals surface area contributed by atoms with Crippen LogP contribution < -0.4 is 5.73 Å². The molecule has 1 aliphatic heterocycles. The number of rotatable bonds is 4. The van der Waals surface area contributed by atoms with Crippen LogP contribution in [0.15, 0.2) is 0 Å². The normalized spacial score (nSPS) is 25.2. The van der Waals surface area contributed by atoms with Gasteiger partial charge in [-0.25, -0.2) is 0 Å². The first-order valence-corrected chi connectivity index (χ1v) is 5.18. The van der Waals surface area contributed by atoms with Crippen LogP contribution >= 0.6 is 0 Å². The van der Waals surface area contributed by atoms with Crippen LogP contribution in [-0.4, -0.2) is 43.7 Å². The Balaban J connectivity index is 2.39. The molecule has 82 valence electrons. The maximum absolute atomic E-state index is 11.7. The Bertz CT molecular complexity index is 197. The van der Waals surface area contributed by atoms with Gasteiger partial charge in [0, 0.05) is 32.2 Å². The molecule has 1 rings (SSSR count). The summed E-state index contributed by atoms with van der Waals surface area (Å²) in [5.74, 6) is 0.404. The van der Waals surface area contributed by atoms with Gasteiger partial charge in [0.25, 0.3) is 0 Å². The second kappa shape index (κ2) is 5.32. The fraction of sp³-hybridized carbons (Fsp3) is 0.900. The van der Waals surface area contributed by atoms with E-state index in [2.05, 4.69) is 0 Å². The number of nitrogens with two attached hydrogens (primary N) is 1. The predicted octanol–water partition coefficient (Wildman–Crippen LogP) is 0.219. The van der Waals surface area contributed by atoms with Gasteiger partial charge in [-0.1, -0.05) is 6.92 Å². The molecule has 2 N–H and O–H groups in total. The van der Waals surface area contributed by atoms with Crippen LogP contribution in [0.1, 0.15) is 19.8 Å². The molecule has 0 spiro atoms. The first-order valence-electron chi connectivity index (χ1n) is 5.18. The van der Waals surface area contributed by atoms with Gasteiger partial charge in [-0.2, -0.15) is 0 Å². The molecule has 0 saturated carbocycles. The highest BCUT2D eigenvalue weighted by atomic mass is 16.5. The smallest absolute Gasteiger partial charge is 0.225 e. The number of amides is 1. The van der Waals surface area contributed by atoms with Crippen LogP contribution in [0, 0.1) is 5.92 Å². The van der Waals surface area contributed by atoms with E-state index >= 15 is 0 Å². The van der Waals surface area contributed by atoms with Crippen molar-refractivity contribution in [1.29, 1.82) is 0 Å². The van der Waals surface area contributed by atoms with Crippen LogP contribution in [0.5, 0.6) is 0 Å². The van der Waals surface area contributed by atoms with Crippen molar-refractivity contribution in [1.82, 2.24) is 4.90 Å². The Hall–Kier alpha value is -0.610. The molecule has 0 radical (unpaired) electrons. The Morgan fingerprint density at radius 1 is 1.71 bits per heavy atom. The van der Waals surface area contributed by atoms with Gasteiger partial charge in [-0.15, -0.1) is 0 Å². The van der Waals surface area contributed by atoms with Crippen molar-refractivity contribution in [3.63, 3.8) is 0 Å². The van der Waals surface area contributed by atoms with E-state index in [1.165, 1.54) is 0 Å². The Morgan fingerprint density at radius 3 is 3.07 bits per heavy atom. The third-order valence-corrected chi connectivity index (χ3v) is 2.63. The molecule has 0 aromatic carbocycles. The minimum Gasteiger partial charge on any atom is -0.383 e. The van der Waals surface area contributed by atoms with Gasteiger partial charge in [0.05, 0.1) is 6.61 Å². The summed E-state index contributed by atoms with van der Waals surface area (Å²) in [5.41, 5.74) is 5.80. The standard InChI is InChI=1S/C10H20N2O2/c1-8-4-3-5-12(10(8)13)6-9(11)7-14-2/h8-9H,3-7,11H2,1-2H3. The fourth-order valence-electron chi connectivity index (χ4n) is 1.86. The lowest BCUT2D eigenvalue weighted by molar-refractivity contribution is -0.138. The molecule has 0 aliphatic carbocycles. The first kappa shape index (κ1) is 11.5. The monoisotopic (exact) mass is 200 g/mol. The number of methoxy groups -OCH3 is 1. The number of ether oxygens (including phenoxy) is 1. The van der Waals surface area contributed by atoms with E-state index in [1.54, 1.807) is 7.11 Å². The lowest BCUT2D eigenvalue weighted by atomic mass is 9.99. The quantitative estimate of drug-likeness (QED) is 0.706. The molecule has 4 heteroatoms. The molecule has 4 nitrogen and oxygen atoms in total. The van der Waals surface area contributed by atoms with Gasteiger partial charge in [0.15, 0.2) is 0 Å². The summed E-state index contributed by atoms with van der Waals surface area (Å²) in [6.07, 6.45) is 2.10. The maximum atomic E-state index is 11.7. The molecular weight excluding hydrogens is 180 g/mol. The Morgan fingerprint density at radius 2 is 2.43 bits per heavy atom. The van der Waals surface area contributed by atoms with Gasteiger partial charge >= 0.3 is 0 Å². The summed E-state index contributed by atoms with van der Waals surface area (Å²) in [7, 11) is 1.63. The van der Waals surface area contributed by atoms with Crippen molar-refractivity contribution in [3.8, 4) is 0 Å². The third kappa shape index (κ3) is 2.96. The molecule has 14 heavy (non-hydrogen) atoms. The second-order valence-electron chi connectivity index (χ2n) is 4.04. The summed E-state index contributed by atoms with van der Waals surface area (Å²) >= 11 is 0. The Kier molecular flexibility index (Phi) is 4.35. The largest absolute Gasteiger partial charge is 0.383 e. The van der Waals surface area contributed by atoms with Crippen molar-refractivity contribution in [2.75, 3.05) is 26.8 Å². The molecule has 1 aliphatic rings. The second-order valence-corrected chi connectivity index (χ2v) is 4.04. The van der Waals surface area contributed by atoms with Gasteiger partial charge < -0.3 is 15.4 Å². The molecule has 1 heterocycles. The number of carbonyl (C=O) groups is 1. The van der Waals surface area contributed by atoms with E-state index in [0.717, 1.165) is 19.4 Å². The molecule has 0 bridgehead atoms. The maximum Gasteiger partial charge on any atom is 0.225 e. The van der Waals surface area contributed by atoms with Crippen molar-refractivity contribution in [2.24, 2.45) is 11.7 Å². The van der Waals surface area contributed by atoms with Crippen molar-refractivity contribution >= 4 is 5.91 Å². The van der Waals surface area contributed by atoms with Crippen LogP contribution in [-0.2, 0) is 9.53 Å². The molecule has 1 saturated heterocycles. The van der Waals surface area contributed by atoms with Crippen LogP contribution in [0.2, 0.25) is 0 Å². The summed E-state index contributed by atoms with van der Waals surface area (Å²) in [4.78, 5) is 13.6. The highest BCUT2D eigenvalue weighted by Gasteiger charge is 2.25. The Labute approximate surface area is 85.4 Å². The molecule has 2 atom stereocenters. The highest BCUT2D eigenvalue weighted by molar-refractivity contribution is 5.79. The zero-order valence-electron chi connectivity index (χ0n) is 9.03. The van der Waals surface area contributed by atoms with Crippen molar-refractivity contribution < 1.29 is 9.53 Å². The zero-order valence-corrected chi connectivity index (χ0v) is 9.03. The van der Waals surface area contributed by atoms with Crippen LogP contribution in [0.25, 0.3) is 0 Å². The molecule has 1 fully saturated rings. The van der Waals surface area contributed by atoms with Crippen LogP contribution in [0.4, 0.5) is 0 Å². The average molecular weight is 200 g/mol. The topological polar surface area (TPSA) is 55.6 Å². The van der Waals surface area contributed by atoms with Gasteiger partial charge in [-0.3, -0.25) is 4.79 Å². The zero-order chi connectivity index (χ0) is 10.6. The molecule has 0 aromatic heterocycles. The fourth-order valence-corrected chi connectivity index (χ4v) is 1.86. The lowest BCUT2D eigenvalue weighted by Crippen LogP contribution is -2.47. The summed E-state index contributed by atoms with van der Waals surface area (Å²) in [6.45, 7) is 3.96. The number of hydrogen-bond donors (Lipinski definition) is 1. The van der Waals surface area contributed by atoms with E-state index in [9.17, 15) is 4.79 Å². The van der Waals surface area contributed by atoms with E-state index in [1.807, 2.05) is 11.8 Å². The SMILES string of the molecule is COCC(N)CN1CCCC(C)C1=O.